The van der Waals surface area contributed by atoms with E-state index < -0.39 is 12.2 Å². The molecule has 2 N–H and O–H groups in total. The number of hydrogen-bond donors (Lipinski definition) is 2. The Hall–Kier alpha value is -1.89. The molecule has 1 aliphatic heterocycles. The van der Waals surface area contributed by atoms with Gasteiger partial charge in [-0.25, -0.2) is 4.79 Å². The standard InChI is InChI=1S/C17H22F2N2O3/c18-15(19)24-14-7-2-1-6-13(14)20-16(22)21-10-9-17(23)8-4-3-5-12(17)11-21/h1-2,6-7,12,15,23H,3-5,8-11H2,(H,20,22)/t12-,17+/m1/s1. The van der Waals surface area contributed by atoms with Crippen LogP contribution in [0.5, 0.6) is 5.75 Å². The summed E-state index contributed by atoms with van der Waals surface area (Å²) in [5, 5.41) is 13.3. The molecule has 1 saturated carbocycles. The van der Waals surface area contributed by atoms with Crippen LogP contribution < -0.4 is 10.1 Å². The smallest absolute Gasteiger partial charge is 0.387 e. The van der Waals surface area contributed by atoms with Crippen molar-refractivity contribution in [3.05, 3.63) is 24.3 Å². The molecule has 2 fully saturated rings. The average Bonchev–Trinajstić information content (AvgIpc) is 2.55. The first-order valence-corrected chi connectivity index (χ1v) is 8.30. The van der Waals surface area contributed by atoms with Crippen LogP contribution in [0.2, 0.25) is 0 Å². The predicted octanol–water partition coefficient (Wildman–Crippen LogP) is 3.45. The third-order valence-electron chi connectivity index (χ3n) is 5.06. The van der Waals surface area contributed by atoms with Crippen LogP contribution in [-0.2, 0) is 0 Å². The molecule has 1 heterocycles. The molecule has 1 aliphatic carbocycles. The fourth-order valence-corrected chi connectivity index (χ4v) is 3.72. The quantitative estimate of drug-likeness (QED) is 0.886. The topological polar surface area (TPSA) is 61.8 Å². The number of carbonyl (C=O) groups excluding carboxylic acids is 1. The molecule has 5 nitrogen and oxygen atoms in total. The van der Waals surface area contributed by atoms with Gasteiger partial charge in [-0.1, -0.05) is 25.0 Å². The molecule has 0 bridgehead atoms. The Balaban J connectivity index is 1.66. The van der Waals surface area contributed by atoms with E-state index in [4.69, 9.17) is 0 Å². The molecular weight excluding hydrogens is 318 g/mol. The lowest BCUT2D eigenvalue weighted by Gasteiger charge is -2.47. The number of alkyl halides is 2. The number of ether oxygens (including phenoxy) is 1. The number of hydrogen-bond acceptors (Lipinski definition) is 3. The number of piperidine rings is 1. The number of para-hydroxylation sites is 2. The Morgan fingerprint density at radius 1 is 1.33 bits per heavy atom. The molecule has 2 aliphatic rings. The Labute approximate surface area is 139 Å². The van der Waals surface area contributed by atoms with Gasteiger partial charge in [0.2, 0.25) is 0 Å². The van der Waals surface area contributed by atoms with E-state index in [0.29, 0.717) is 19.5 Å². The van der Waals surface area contributed by atoms with Gasteiger partial charge in [-0.3, -0.25) is 0 Å². The van der Waals surface area contributed by atoms with Crippen molar-refractivity contribution in [2.75, 3.05) is 18.4 Å². The Morgan fingerprint density at radius 2 is 2.12 bits per heavy atom. The van der Waals surface area contributed by atoms with Crippen LogP contribution in [0.4, 0.5) is 19.3 Å². The molecule has 132 valence electrons. The molecule has 1 aromatic rings. The maximum atomic E-state index is 12.5. The van der Waals surface area contributed by atoms with Crippen LogP contribution in [0.1, 0.15) is 32.1 Å². The molecule has 1 saturated heterocycles. The van der Waals surface area contributed by atoms with E-state index >= 15 is 0 Å². The Morgan fingerprint density at radius 3 is 2.92 bits per heavy atom. The number of rotatable bonds is 3. The van der Waals surface area contributed by atoms with Crippen LogP contribution in [0, 0.1) is 5.92 Å². The minimum absolute atomic E-state index is 0.0629. The minimum atomic E-state index is -2.95. The molecule has 0 unspecified atom stereocenters. The first kappa shape index (κ1) is 17.0. The number of amides is 2. The number of anilines is 1. The van der Waals surface area contributed by atoms with Crippen LogP contribution in [0.25, 0.3) is 0 Å². The lowest BCUT2D eigenvalue weighted by atomic mass is 9.71. The van der Waals surface area contributed by atoms with Gasteiger partial charge in [0.15, 0.2) is 0 Å². The first-order chi connectivity index (χ1) is 11.5. The van der Waals surface area contributed by atoms with Gasteiger partial charge < -0.3 is 20.1 Å². The van der Waals surface area contributed by atoms with Crippen molar-refractivity contribution in [1.82, 2.24) is 4.90 Å². The Kier molecular flexibility index (Phi) is 4.89. The van der Waals surface area contributed by atoms with E-state index in [1.807, 2.05) is 0 Å². The summed E-state index contributed by atoms with van der Waals surface area (Å²) in [4.78, 5) is 14.1. The number of halogens is 2. The average molecular weight is 340 g/mol. The van der Waals surface area contributed by atoms with Gasteiger partial charge >= 0.3 is 12.6 Å². The van der Waals surface area contributed by atoms with Crippen LogP contribution >= 0.6 is 0 Å². The lowest BCUT2D eigenvalue weighted by molar-refractivity contribution is -0.0863. The van der Waals surface area contributed by atoms with Gasteiger partial charge in [0.05, 0.1) is 11.3 Å². The highest BCUT2D eigenvalue weighted by Crippen LogP contribution is 2.40. The van der Waals surface area contributed by atoms with Gasteiger partial charge in [0, 0.05) is 19.0 Å². The fraction of sp³-hybridized carbons (Fsp3) is 0.588. The maximum absolute atomic E-state index is 12.5. The van der Waals surface area contributed by atoms with Crippen molar-refractivity contribution < 1.29 is 23.4 Å². The van der Waals surface area contributed by atoms with E-state index in [0.717, 1.165) is 25.7 Å². The van der Waals surface area contributed by atoms with Crippen LogP contribution in [-0.4, -0.2) is 41.3 Å². The molecular formula is C17H22F2N2O3. The zero-order valence-corrected chi connectivity index (χ0v) is 13.4. The predicted molar refractivity (Wildman–Crippen MR) is 85.2 cm³/mol. The SMILES string of the molecule is O=C(Nc1ccccc1OC(F)F)N1CC[C@@]2(O)CCCC[C@@H]2C1. The number of aliphatic hydroxyl groups is 1. The third kappa shape index (κ3) is 3.61. The van der Waals surface area contributed by atoms with E-state index in [9.17, 15) is 18.7 Å². The second kappa shape index (κ2) is 6.93. The molecule has 0 spiro atoms. The number of fused-ring (bicyclic) bond motifs is 1. The molecule has 2 atom stereocenters. The van der Waals surface area contributed by atoms with E-state index in [1.165, 1.54) is 12.1 Å². The molecule has 0 aromatic heterocycles. The van der Waals surface area contributed by atoms with Crippen molar-refractivity contribution in [3.63, 3.8) is 0 Å². The Bertz CT molecular complexity index is 599. The summed E-state index contributed by atoms with van der Waals surface area (Å²) in [6.07, 6.45) is 4.34. The first-order valence-electron chi connectivity index (χ1n) is 8.30. The van der Waals surface area contributed by atoms with E-state index in [1.54, 1.807) is 17.0 Å². The molecule has 24 heavy (non-hydrogen) atoms. The summed E-state index contributed by atoms with van der Waals surface area (Å²) in [6, 6.07) is 5.77. The summed E-state index contributed by atoms with van der Waals surface area (Å²) in [5.41, 5.74) is -0.446. The minimum Gasteiger partial charge on any atom is -0.433 e. The molecule has 0 radical (unpaired) electrons. The number of likely N-dealkylation sites (tertiary alicyclic amines) is 1. The van der Waals surface area contributed by atoms with Crippen molar-refractivity contribution in [1.29, 1.82) is 0 Å². The zero-order valence-electron chi connectivity index (χ0n) is 13.4. The summed E-state index contributed by atoms with van der Waals surface area (Å²) < 4.78 is 29.3. The normalized spacial score (nSPS) is 26.8. The maximum Gasteiger partial charge on any atom is 0.387 e. The summed E-state index contributed by atoms with van der Waals surface area (Å²) in [7, 11) is 0. The van der Waals surface area contributed by atoms with Gasteiger partial charge in [0.1, 0.15) is 5.75 Å². The number of benzene rings is 1. The second-order valence-corrected chi connectivity index (χ2v) is 6.55. The molecule has 3 rings (SSSR count). The highest BCUT2D eigenvalue weighted by Gasteiger charge is 2.43. The number of nitrogens with zero attached hydrogens (tertiary/aromatic N) is 1. The second-order valence-electron chi connectivity index (χ2n) is 6.55. The van der Waals surface area contributed by atoms with E-state index in [-0.39, 0.29) is 23.4 Å². The summed E-state index contributed by atoms with van der Waals surface area (Å²) in [6.45, 7) is -2.01. The summed E-state index contributed by atoms with van der Waals surface area (Å²) in [5.74, 6) is 0.0188. The molecule has 7 heteroatoms. The van der Waals surface area contributed by atoms with Crippen molar-refractivity contribution >= 4 is 11.7 Å². The number of nitrogens with one attached hydrogen (secondary N) is 1. The van der Waals surface area contributed by atoms with Crippen molar-refractivity contribution in [3.8, 4) is 5.75 Å². The number of carbonyl (C=O) groups is 1. The number of urea groups is 1. The van der Waals surface area contributed by atoms with Crippen LogP contribution in [0.15, 0.2) is 24.3 Å². The molecule has 1 aromatic carbocycles. The largest absolute Gasteiger partial charge is 0.433 e. The third-order valence-corrected chi connectivity index (χ3v) is 5.06. The van der Waals surface area contributed by atoms with Gasteiger partial charge in [-0.2, -0.15) is 8.78 Å². The van der Waals surface area contributed by atoms with Gasteiger partial charge in [-0.15, -0.1) is 0 Å². The zero-order chi connectivity index (χ0) is 17.2. The van der Waals surface area contributed by atoms with E-state index in [2.05, 4.69) is 10.1 Å². The monoisotopic (exact) mass is 340 g/mol. The summed E-state index contributed by atoms with van der Waals surface area (Å²) >= 11 is 0. The van der Waals surface area contributed by atoms with Gasteiger partial charge in [-0.05, 0) is 31.4 Å². The van der Waals surface area contributed by atoms with Crippen LogP contribution in [0.3, 0.4) is 0 Å². The van der Waals surface area contributed by atoms with Crippen molar-refractivity contribution in [2.24, 2.45) is 5.92 Å². The highest BCUT2D eigenvalue weighted by molar-refractivity contribution is 5.91. The highest BCUT2D eigenvalue weighted by atomic mass is 19.3. The van der Waals surface area contributed by atoms with Crippen molar-refractivity contribution in [2.45, 2.75) is 44.3 Å². The lowest BCUT2D eigenvalue weighted by Crippen LogP contribution is -2.55. The molecule has 2 amide bonds. The fourth-order valence-electron chi connectivity index (χ4n) is 3.72. The van der Waals surface area contributed by atoms with Gasteiger partial charge in [0.25, 0.3) is 0 Å².